The van der Waals surface area contributed by atoms with Crippen molar-refractivity contribution < 1.29 is 9.50 Å². The topological polar surface area (TPSA) is 77.4 Å². The Morgan fingerprint density at radius 3 is 2.50 bits per heavy atom. The smallest absolute Gasteiger partial charge is 0.172 e. The monoisotopic (exact) mass is 486 g/mol. The number of nitrogens with one attached hydrogen (secondary N) is 1. The van der Waals surface area contributed by atoms with Crippen LogP contribution in [-0.4, -0.2) is 62.8 Å². The van der Waals surface area contributed by atoms with Crippen molar-refractivity contribution in [1.29, 1.82) is 0 Å². The molecule has 2 N–H and O–H groups in total. The van der Waals surface area contributed by atoms with Crippen LogP contribution in [0, 0.1) is 5.82 Å². The van der Waals surface area contributed by atoms with Gasteiger partial charge in [-0.05, 0) is 51.5 Å². The predicted octanol–water partition coefficient (Wildman–Crippen LogP) is 4.27. The van der Waals surface area contributed by atoms with E-state index in [1.807, 2.05) is 6.07 Å². The van der Waals surface area contributed by atoms with Crippen LogP contribution in [0.25, 0.3) is 11.0 Å². The highest BCUT2D eigenvalue weighted by Crippen LogP contribution is 2.28. The molecule has 0 spiro atoms. The maximum atomic E-state index is 13.4. The van der Waals surface area contributed by atoms with E-state index < -0.39 is 5.60 Å². The normalized spacial score (nSPS) is 15.4. The summed E-state index contributed by atoms with van der Waals surface area (Å²) in [7, 11) is 0. The van der Waals surface area contributed by atoms with Crippen molar-refractivity contribution in [2.75, 3.05) is 36.4 Å². The zero-order valence-electron chi connectivity index (χ0n) is 20.1. The summed E-state index contributed by atoms with van der Waals surface area (Å²) < 4.78 is 13.4. The minimum atomic E-state index is -0.847. The van der Waals surface area contributed by atoms with Gasteiger partial charge in [-0.3, -0.25) is 9.88 Å². The number of benzene rings is 1. The van der Waals surface area contributed by atoms with Gasteiger partial charge in [0.2, 0.25) is 0 Å². The number of rotatable bonds is 7. The van der Waals surface area contributed by atoms with Crippen molar-refractivity contribution in [1.82, 2.24) is 19.9 Å². The highest BCUT2D eigenvalue weighted by molar-refractivity contribution is 6.31. The number of aliphatic hydroxyl groups is 1. The molecule has 1 aliphatic heterocycles. The quantitative estimate of drug-likeness (QED) is 0.516. The van der Waals surface area contributed by atoms with E-state index in [1.54, 1.807) is 26.1 Å². The zero-order valence-corrected chi connectivity index (χ0v) is 20.9. The van der Waals surface area contributed by atoms with Gasteiger partial charge in [0.05, 0.1) is 17.3 Å². The van der Waals surface area contributed by atoms with E-state index in [2.05, 4.69) is 33.9 Å². The molecule has 9 heteroatoms. The maximum Gasteiger partial charge on any atom is 0.172 e. The van der Waals surface area contributed by atoms with E-state index >= 15 is 0 Å². The number of aromatic nitrogens is 3. The lowest BCUT2D eigenvalue weighted by molar-refractivity contribution is 0.0800. The van der Waals surface area contributed by atoms with Crippen LogP contribution in [0.1, 0.15) is 39.0 Å². The summed E-state index contributed by atoms with van der Waals surface area (Å²) in [5.74, 6) is 1.25. The summed E-state index contributed by atoms with van der Waals surface area (Å²) in [5.41, 5.74) is 2.34. The van der Waals surface area contributed by atoms with Crippen molar-refractivity contribution in [2.24, 2.45) is 0 Å². The lowest BCUT2D eigenvalue weighted by Gasteiger charge is -2.36. The summed E-state index contributed by atoms with van der Waals surface area (Å²) in [6, 6.07) is 6.68. The van der Waals surface area contributed by atoms with Crippen molar-refractivity contribution in [3.8, 4) is 0 Å². The van der Waals surface area contributed by atoms with Gasteiger partial charge in [0.1, 0.15) is 11.3 Å². The molecule has 1 fully saturated rings. The van der Waals surface area contributed by atoms with E-state index in [4.69, 9.17) is 21.6 Å². The van der Waals surface area contributed by atoms with Gasteiger partial charge in [-0.2, -0.15) is 0 Å². The second kappa shape index (κ2) is 9.98. The minimum Gasteiger partial charge on any atom is -0.390 e. The predicted molar refractivity (Wildman–Crippen MR) is 135 cm³/mol. The molecule has 7 nitrogen and oxygen atoms in total. The average molecular weight is 487 g/mol. The fourth-order valence-corrected chi connectivity index (χ4v) is 4.36. The van der Waals surface area contributed by atoms with Gasteiger partial charge < -0.3 is 15.3 Å². The Bertz CT molecular complexity index is 1160. The molecule has 1 saturated heterocycles. The summed E-state index contributed by atoms with van der Waals surface area (Å²) in [4.78, 5) is 18.8. The first-order valence-electron chi connectivity index (χ1n) is 11.6. The first-order chi connectivity index (χ1) is 16.1. The summed E-state index contributed by atoms with van der Waals surface area (Å²) in [5, 5.41) is 14.1. The number of hydrogen-bond acceptors (Lipinski definition) is 7. The van der Waals surface area contributed by atoms with E-state index in [0.29, 0.717) is 18.0 Å². The molecular formula is C25H32ClFN6O. The number of nitrogens with zero attached hydrogens (tertiary/aromatic N) is 5. The molecule has 1 aliphatic rings. The molecule has 3 heterocycles. The molecule has 0 amide bonds. The largest absolute Gasteiger partial charge is 0.390 e. The van der Waals surface area contributed by atoms with Crippen LogP contribution in [0.2, 0.25) is 5.02 Å². The highest BCUT2D eigenvalue weighted by atomic mass is 35.5. The highest BCUT2D eigenvalue weighted by Gasteiger charge is 2.23. The second-order valence-corrected chi connectivity index (χ2v) is 10.3. The van der Waals surface area contributed by atoms with Crippen molar-refractivity contribution in [3.05, 3.63) is 52.6 Å². The third kappa shape index (κ3) is 6.11. The number of anilines is 2. The molecular weight excluding hydrogens is 455 g/mol. The standard InChI is InChI=1S/C25H32ClFN6O/c1-16(2)29-23-24(31-21-12-19(13-25(3,4)34)28-14-22(21)30-23)33-9-7-32(8-10-33)15-17-5-6-18(27)11-20(17)26/h5-6,11-12,14,16,34H,7-10,13,15H2,1-4H3,(H,29,30). The Labute approximate surface area is 205 Å². The summed E-state index contributed by atoms with van der Waals surface area (Å²) in [6.07, 6.45) is 2.17. The van der Waals surface area contributed by atoms with E-state index in [-0.39, 0.29) is 11.9 Å². The average Bonchev–Trinajstić information content (AvgIpc) is 2.74. The molecule has 0 saturated carbocycles. The molecule has 34 heavy (non-hydrogen) atoms. The Hall–Kier alpha value is -2.55. The molecule has 0 atom stereocenters. The Morgan fingerprint density at radius 2 is 1.85 bits per heavy atom. The fourth-order valence-electron chi connectivity index (χ4n) is 4.13. The van der Waals surface area contributed by atoms with Crippen LogP contribution in [0.4, 0.5) is 16.0 Å². The van der Waals surface area contributed by atoms with Crippen LogP contribution in [0.3, 0.4) is 0 Å². The van der Waals surface area contributed by atoms with Gasteiger partial charge in [0.25, 0.3) is 0 Å². The fraction of sp³-hybridized carbons (Fsp3) is 0.480. The second-order valence-electron chi connectivity index (χ2n) is 9.85. The Balaban J connectivity index is 1.55. The molecule has 182 valence electrons. The number of piperazine rings is 1. The first-order valence-corrected chi connectivity index (χ1v) is 12.0. The molecule has 0 unspecified atom stereocenters. The Morgan fingerprint density at radius 1 is 1.12 bits per heavy atom. The summed E-state index contributed by atoms with van der Waals surface area (Å²) >= 11 is 6.23. The molecule has 4 rings (SSSR count). The van der Waals surface area contributed by atoms with E-state index in [1.165, 1.54) is 12.1 Å². The van der Waals surface area contributed by atoms with Gasteiger partial charge in [0, 0.05) is 55.9 Å². The van der Waals surface area contributed by atoms with Gasteiger partial charge >= 0.3 is 0 Å². The van der Waals surface area contributed by atoms with E-state index in [0.717, 1.165) is 60.1 Å². The number of fused-ring (bicyclic) bond motifs is 1. The zero-order chi connectivity index (χ0) is 24.5. The van der Waals surface area contributed by atoms with Gasteiger partial charge in [-0.1, -0.05) is 17.7 Å². The number of halogens is 2. The molecule has 0 radical (unpaired) electrons. The molecule has 2 aromatic heterocycles. The number of pyridine rings is 1. The third-order valence-corrected chi connectivity index (χ3v) is 6.06. The van der Waals surface area contributed by atoms with Crippen molar-refractivity contribution in [2.45, 2.75) is 52.3 Å². The van der Waals surface area contributed by atoms with Gasteiger partial charge in [-0.25, -0.2) is 14.4 Å². The molecule has 3 aromatic rings. The summed E-state index contributed by atoms with van der Waals surface area (Å²) in [6.45, 7) is 11.6. The molecule has 1 aromatic carbocycles. The van der Waals surface area contributed by atoms with Crippen molar-refractivity contribution >= 4 is 34.3 Å². The lowest BCUT2D eigenvalue weighted by atomic mass is 10.0. The van der Waals surface area contributed by atoms with Crippen molar-refractivity contribution in [3.63, 3.8) is 0 Å². The third-order valence-electron chi connectivity index (χ3n) is 5.71. The van der Waals surface area contributed by atoms with Crippen LogP contribution in [-0.2, 0) is 13.0 Å². The lowest BCUT2D eigenvalue weighted by Crippen LogP contribution is -2.46. The molecule has 0 bridgehead atoms. The number of hydrogen-bond donors (Lipinski definition) is 2. The van der Waals surface area contributed by atoms with Gasteiger partial charge in [-0.15, -0.1) is 0 Å². The van der Waals surface area contributed by atoms with Crippen LogP contribution in [0.5, 0.6) is 0 Å². The van der Waals surface area contributed by atoms with Crippen LogP contribution < -0.4 is 10.2 Å². The van der Waals surface area contributed by atoms with Gasteiger partial charge in [0.15, 0.2) is 11.6 Å². The Kier molecular flexibility index (Phi) is 7.21. The maximum absolute atomic E-state index is 13.4. The molecule has 0 aliphatic carbocycles. The first kappa shape index (κ1) is 24.6. The van der Waals surface area contributed by atoms with Crippen LogP contribution >= 0.6 is 11.6 Å². The SMILES string of the molecule is CC(C)Nc1nc2cnc(CC(C)(C)O)cc2nc1N1CCN(Cc2ccc(F)cc2Cl)CC1. The van der Waals surface area contributed by atoms with Crippen LogP contribution in [0.15, 0.2) is 30.5 Å². The van der Waals surface area contributed by atoms with E-state index in [9.17, 15) is 9.50 Å². The minimum absolute atomic E-state index is 0.204.